The van der Waals surface area contributed by atoms with Crippen LogP contribution in [0.3, 0.4) is 0 Å². The molecule has 1 fully saturated rings. The van der Waals surface area contributed by atoms with Gasteiger partial charge in [-0.25, -0.2) is 4.63 Å². The Bertz CT molecular complexity index is 761. The minimum absolute atomic E-state index is 0.000756. The normalized spacial score (nSPS) is 20.2. The second-order valence-corrected chi connectivity index (χ2v) is 6.83. The zero-order valence-corrected chi connectivity index (χ0v) is 15.5. The fourth-order valence-electron chi connectivity index (χ4n) is 3.25. The number of amides is 1. The van der Waals surface area contributed by atoms with E-state index in [1.165, 1.54) is 0 Å². The lowest BCUT2D eigenvalue weighted by molar-refractivity contribution is -0.142. The van der Waals surface area contributed by atoms with Gasteiger partial charge in [0.1, 0.15) is 29.3 Å². The third-order valence-electron chi connectivity index (χ3n) is 4.97. The van der Waals surface area contributed by atoms with Crippen molar-refractivity contribution < 1.29 is 18.9 Å². The maximum absolute atomic E-state index is 12.7. The second kappa shape index (κ2) is 7.86. The van der Waals surface area contributed by atoms with Crippen LogP contribution < -0.4 is 4.74 Å². The summed E-state index contributed by atoms with van der Waals surface area (Å²) in [7, 11) is 1.68. The van der Waals surface area contributed by atoms with Gasteiger partial charge < -0.3 is 14.4 Å². The third-order valence-corrected chi connectivity index (χ3v) is 4.97. The molecule has 2 aromatic rings. The summed E-state index contributed by atoms with van der Waals surface area (Å²) >= 11 is 0. The Morgan fingerprint density at radius 3 is 2.81 bits per heavy atom. The summed E-state index contributed by atoms with van der Waals surface area (Å²) in [5.74, 6) is 0.845. The van der Waals surface area contributed by atoms with Crippen molar-refractivity contribution in [3.8, 4) is 5.75 Å². The zero-order chi connectivity index (χ0) is 18.6. The fourth-order valence-corrected chi connectivity index (χ4v) is 3.25. The molecule has 1 aromatic carbocycles. The number of carbonyl (C=O) groups excluding carboxylic acids is 1. The smallest absolute Gasteiger partial charge is 0.228 e. The van der Waals surface area contributed by atoms with Gasteiger partial charge in [-0.05, 0) is 38.3 Å². The van der Waals surface area contributed by atoms with Gasteiger partial charge in [-0.3, -0.25) is 4.79 Å². The number of rotatable bonds is 6. The second-order valence-electron chi connectivity index (χ2n) is 6.83. The number of methoxy groups -OCH3 is 1. The number of likely N-dealkylation sites (tertiary alicyclic amines) is 1. The van der Waals surface area contributed by atoms with E-state index in [-0.39, 0.29) is 12.3 Å². The molecule has 7 nitrogen and oxygen atoms in total. The van der Waals surface area contributed by atoms with Crippen LogP contribution in [0.15, 0.2) is 28.9 Å². The van der Waals surface area contributed by atoms with Crippen molar-refractivity contribution in [1.82, 2.24) is 15.2 Å². The Labute approximate surface area is 153 Å². The number of benzene rings is 1. The van der Waals surface area contributed by atoms with Gasteiger partial charge in [0, 0.05) is 13.7 Å². The van der Waals surface area contributed by atoms with Gasteiger partial charge in [-0.2, -0.15) is 0 Å². The first-order chi connectivity index (χ1) is 12.5. The lowest BCUT2D eigenvalue weighted by atomic mass is 9.93. The van der Waals surface area contributed by atoms with E-state index in [0.29, 0.717) is 31.1 Å². The summed E-state index contributed by atoms with van der Waals surface area (Å²) in [6, 6.07) is 7.90. The number of carbonyl (C=O) groups is 1. The van der Waals surface area contributed by atoms with Crippen LogP contribution in [0.2, 0.25) is 0 Å². The Kier molecular flexibility index (Phi) is 5.56. The van der Waals surface area contributed by atoms with Gasteiger partial charge in [0.2, 0.25) is 5.91 Å². The van der Waals surface area contributed by atoms with Gasteiger partial charge in [-0.15, -0.1) is 0 Å². The molecule has 3 rings (SSSR count). The van der Waals surface area contributed by atoms with Crippen molar-refractivity contribution in [2.45, 2.75) is 38.7 Å². The van der Waals surface area contributed by atoms with Crippen molar-refractivity contribution >= 4 is 5.91 Å². The maximum atomic E-state index is 12.7. The number of hydrogen-bond donors (Lipinski definition) is 0. The molecule has 0 saturated carbocycles. The Morgan fingerprint density at radius 1 is 1.31 bits per heavy atom. The molecule has 1 aliphatic heterocycles. The van der Waals surface area contributed by atoms with E-state index < -0.39 is 5.60 Å². The van der Waals surface area contributed by atoms with Crippen molar-refractivity contribution in [2.24, 2.45) is 0 Å². The summed E-state index contributed by atoms with van der Waals surface area (Å²) in [4.78, 5) is 14.5. The summed E-state index contributed by atoms with van der Waals surface area (Å²) in [5, 5.41) is 7.53. The van der Waals surface area contributed by atoms with Crippen LogP contribution >= 0.6 is 0 Å². The van der Waals surface area contributed by atoms with E-state index in [0.717, 1.165) is 24.2 Å². The average Bonchev–Trinajstić information content (AvgIpc) is 3.06. The van der Waals surface area contributed by atoms with Crippen LogP contribution in [0.4, 0.5) is 0 Å². The number of nitrogens with zero attached hydrogens (tertiary/aromatic N) is 3. The van der Waals surface area contributed by atoms with Crippen LogP contribution in [0.5, 0.6) is 5.75 Å². The van der Waals surface area contributed by atoms with Crippen molar-refractivity contribution in [3.63, 3.8) is 0 Å². The molecule has 0 N–H and O–H groups in total. The largest absolute Gasteiger partial charge is 0.490 e. The molecule has 140 valence electrons. The first-order valence-corrected chi connectivity index (χ1v) is 8.82. The average molecular weight is 359 g/mol. The molecule has 1 aromatic heterocycles. The lowest BCUT2D eigenvalue weighted by Crippen LogP contribution is -2.54. The number of para-hydroxylation sites is 1. The van der Waals surface area contributed by atoms with Crippen molar-refractivity contribution in [2.75, 3.05) is 26.8 Å². The Morgan fingerprint density at radius 2 is 2.12 bits per heavy atom. The Balaban J connectivity index is 1.65. The number of aryl methyl sites for hydroxylation is 2. The first kappa shape index (κ1) is 18.4. The van der Waals surface area contributed by atoms with Gasteiger partial charge in [-0.1, -0.05) is 28.5 Å². The summed E-state index contributed by atoms with van der Waals surface area (Å²) < 4.78 is 16.5. The molecule has 0 unspecified atom stereocenters. The maximum Gasteiger partial charge on any atom is 0.228 e. The van der Waals surface area contributed by atoms with E-state index >= 15 is 0 Å². The van der Waals surface area contributed by atoms with E-state index in [1.54, 1.807) is 14.0 Å². The first-order valence-electron chi connectivity index (χ1n) is 8.82. The highest BCUT2D eigenvalue weighted by Gasteiger charge is 2.38. The van der Waals surface area contributed by atoms with Crippen LogP contribution in [-0.4, -0.2) is 53.5 Å². The van der Waals surface area contributed by atoms with E-state index in [9.17, 15) is 4.79 Å². The molecular formula is C19H25N3O4. The molecule has 0 aliphatic carbocycles. The number of ether oxygens (including phenoxy) is 2. The van der Waals surface area contributed by atoms with Crippen LogP contribution in [0.25, 0.3) is 0 Å². The fraction of sp³-hybridized carbons (Fsp3) is 0.526. The van der Waals surface area contributed by atoms with E-state index in [2.05, 4.69) is 14.9 Å². The highest BCUT2D eigenvalue weighted by molar-refractivity contribution is 5.78. The SMILES string of the molecule is CO[C@@]1(COc2ccccc2C)CCCN(C(=O)Cc2nonc2C)C1. The van der Waals surface area contributed by atoms with Crippen LogP contribution in [0.1, 0.15) is 29.8 Å². The van der Waals surface area contributed by atoms with E-state index in [1.807, 2.05) is 36.1 Å². The minimum Gasteiger partial charge on any atom is -0.490 e. The van der Waals surface area contributed by atoms with Crippen LogP contribution in [-0.2, 0) is 16.0 Å². The van der Waals surface area contributed by atoms with Crippen LogP contribution in [0, 0.1) is 13.8 Å². The summed E-state index contributed by atoms with van der Waals surface area (Å²) in [5.41, 5.74) is 1.81. The van der Waals surface area contributed by atoms with Gasteiger partial charge >= 0.3 is 0 Å². The van der Waals surface area contributed by atoms with Gasteiger partial charge in [0.15, 0.2) is 0 Å². The highest BCUT2D eigenvalue weighted by atomic mass is 16.6. The predicted molar refractivity (Wildman–Crippen MR) is 95.0 cm³/mol. The molecular weight excluding hydrogens is 334 g/mol. The van der Waals surface area contributed by atoms with E-state index in [4.69, 9.17) is 9.47 Å². The lowest BCUT2D eigenvalue weighted by Gasteiger charge is -2.41. The molecule has 1 saturated heterocycles. The molecule has 1 aliphatic rings. The topological polar surface area (TPSA) is 77.7 Å². The monoisotopic (exact) mass is 359 g/mol. The number of aromatic nitrogens is 2. The Hall–Kier alpha value is -2.41. The minimum atomic E-state index is -0.507. The molecule has 1 amide bonds. The number of piperidine rings is 1. The third kappa shape index (κ3) is 4.04. The quantitative estimate of drug-likeness (QED) is 0.788. The standard InChI is InChI=1S/C19H25N3O4/c1-14-7-4-5-8-17(14)25-13-19(24-3)9-6-10-22(12-19)18(23)11-16-15(2)20-26-21-16/h4-5,7-8H,6,9-13H2,1-3H3/t19-/m0/s1. The molecule has 0 bridgehead atoms. The van der Waals surface area contributed by atoms with Crippen molar-refractivity contribution in [3.05, 3.63) is 41.2 Å². The molecule has 7 heteroatoms. The molecule has 2 heterocycles. The predicted octanol–water partition coefficient (Wildman–Crippen LogP) is 2.32. The zero-order valence-electron chi connectivity index (χ0n) is 15.5. The summed E-state index contributed by atoms with van der Waals surface area (Å²) in [6.45, 7) is 5.41. The highest BCUT2D eigenvalue weighted by Crippen LogP contribution is 2.27. The van der Waals surface area contributed by atoms with Crippen molar-refractivity contribution in [1.29, 1.82) is 0 Å². The van der Waals surface area contributed by atoms with Gasteiger partial charge in [0.25, 0.3) is 0 Å². The molecule has 26 heavy (non-hydrogen) atoms. The molecule has 0 radical (unpaired) electrons. The van der Waals surface area contributed by atoms with Gasteiger partial charge in [0.05, 0.1) is 13.0 Å². The number of hydrogen-bond acceptors (Lipinski definition) is 6. The summed E-state index contributed by atoms with van der Waals surface area (Å²) in [6.07, 6.45) is 1.91. The molecule has 0 spiro atoms. The molecule has 1 atom stereocenters.